The first kappa shape index (κ1) is 14.8. The van der Waals surface area contributed by atoms with Crippen molar-refractivity contribution >= 4 is 21.4 Å². The molecular formula is C16H13ClN2O2S. The van der Waals surface area contributed by atoms with E-state index in [1.165, 1.54) is 6.26 Å². The number of aromatic nitrogens is 2. The predicted molar refractivity (Wildman–Crippen MR) is 87.1 cm³/mol. The van der Waals surface area contributed by atoms with Crippen molar-refractivity contribution < 1.29 is 8.42 Å². The second-order valence-electron chi connectivity index (χ2n) is 4.89. The van der Waals surface area contributed by atoms with E-state index in [0.29, 0.717) is 5.15 Å². The van der Waals surface area contributed by atoms with Crippen LogP contribution in [-0.4, -0.2) is 24.2 Å². The fraction of sp³-hybridized carbons (Fsp3) is 0.0625. The molecule has 0 amide bonds. The molecule has 1 aromatic heterocycles. The van der Waals surface area contributed by atoms with E-state index in [2.05, 4.69) is 4.98 Å². The van der Waals surface area contributed by atoms with Crippen LogP contribution in [0.4, 0.5) is 0 Å². The summed E-state index contributed by atoms with van der Waals surface area (Å²) in [6.07, 6.45) is 2.81. The Morgan fingerprint density at radius 2 is 1.64 bits per heavy atom. The average Bonchev–Trinajstić information content (AvgIpc) is 2.89. The van der Waals surface area contributed by atoms with Crippen LogP contribution in [0.5, 0.6) is 0 Å². The first-order valence-electron chi connectivity index (χ1n) is 6.55. The van der Waals surface area contributed by atoms with Crippen molar-refractivity contribution in [3.63, 3.8) is 0 Å². The van der Waals surface area contributed by atoms with Crippen LogP contribution in [-0.2, 0) is 9.84 Å². The fourth-order valence-electron chi connectivity index (χ4n) is 2.23. The van der Waals surface area contributed by atoms with Gasteiger partial charge in [-0.05, 0) is 24.3 Å². The van der Waals surface area contributed by atoms with Crippen LogP contribution < -0.4 is 0 Å². The minimum absolute atomic E-state index is 0.281. The summed E-state index contributed by atoms with van der Waals surface area (Å²) in [5.41, 5.74) is 2.51. The van der Waals surface area contributed by atoms with Crippen LogP contribution in [0.3, 0.4) is 0 Å². The third-order valence-corrected chi connectivity index (χ3v) is 4.72. The molecule has 2 aromatic carbocycles. The summed E-state index contributed by atoms with van der Waals surface area (Å²) in [4.78, 5) is 4.43. The second-order valence-corrected chi connectivity index (χ2v) is 7.26. The first-order chi connectivity index (χ1) is 10.5. The fourth-order valence-corrected chi connectivity index (χ4v) is 3.10. The lowest BCUT2D eigenvalue weighted by Crippen LogP contribution is -1.99. The molecule has 4 nitrogen and oxygen atoms in total. The maximum atomic E-state index is 11.5. The molecule has 3 rings (SSSR count). The molecule has 0 atom stereocenters. The van der Waals surface area contributed by atoms with E-state index in [1.54, 1.807) is 30.6 Å². The molecule has 0 aliphatic rings. The van der Waals surface area contributed by atoms with Crippen molar-refractivity contribution in [3.05, 3.63) is 66.1 Å². The Balaban J connectivity index is 2.11. The lowest BCUT2D eigenvalue weighted by Gasteiger charge is -2.09. The number of sulfone groups is 1. The Labute approximate surface area is 133 Å². The highest BCUT2D eigenvalue weighted by atomic mass is 35.5. The molecule has 0 saturated heterocycles. The maximum Gasteiger partial charge on any atom is 0.175 e. The van der Waals surface area contributed by atoms with E-state index in [4.69, 9.17) is 11.6 Å². The van der Waals surface area contributed by atoms with Crippen molar-refractivity contribution in [1.29, 1.82) is 0 Å². The molecule has 3 aromatic rings. The molecule has 0 bridgehead atoms. The summed E-state index contributed by atoms with van der Waals surface area (Å²) in [5.74, 6) is 0. The molecule has 0 radical (unpaired) electrons. The van der Waals surface area contributed by atoms with Gasteiger partial charge < -0.3 is 0 Å². The van der Waals surface area contributed by atoms with Gasteiger partial charge in [0.1, 0.15) is 6.33 Å². The van der Waals surface area contributed by atoms with E-state index < -0.39 is 9.84 Å². The molecule has 22 heavy (non-hydrogen) atoms. The second kappa shape index (κ2) is 5.59. The lowest BCUT2D eigenvalue weighted by molar-refractivity contribution is 0.602. The van der Waals surface area contributed by atoms with E-state index in [1.807, 2.05) is 34.9 Å². The molecule has 0 aliphatic heterocycles. The maximum absolute atomic E-state index is 11.5. The van der Waals surface area contributed by atoms with Gasteiger partial charge in [0.15, 0.2) is 15.0 Å². The highest BCUT2D eigenvalue weighted by molar-refractivity contribution is 7.90. The van der Waals surface area contributed by atoms with Crippen molar-refractivity contribution in [3.8, 4) is 16.9 Å². The Kier molecular flexibility index (Phi) is 3.76. The molecule has 0 N–H and O–H groups in total. The lowest BCUT2D eigenvalue weighted by atomic mass is 10.1. The normalized spacial score (nSPS) is 11.5. The minimum atomic E-state index is -3.21. The number of hydrogen-bond acceptors (Lipinski definition) is 3. The number of rotatable bonds is 3. The number of imidazole rings is 1. The molecule has 6 heteroatoms. The van der Waals surface area contributed by atoms with Crippen LogP contribution in [0.25, 0.3) is 16.9 Å². The van der Waals surface area contributed by atoms with Crippen molar-refractivity contribution in [2.75, 3.05) is 6.26 Å². The molecular weight excluding hydrogens is 320 g/mol. The zero-order chi connectivity index (χ0) is 15.7. The van der Waals surface area contributed by atoms with Crippen LogP contribution in [0, 0.1) is 0 Å². The van der Waals surface area contributed by atoms with Gasteiger partial charge in [-0.1, -0.05) is 41.9 Å². The van der Waals surface area contributed by atoms with E-state index in [9.17, 15) is 8.42 Å². The van der Waals surface area contributed by atoms with Gasteiger partial charge in [0.05, 0.1) is 10.6 Å². The van der Waals surface area contributed by atoms with Crippen LogP contribution in [0.1, 0.15) is 0 Å². The third-order valence-electron chi connectivity index (χ3n) is 3.31. The van der Waals surface area contributed by atoms with Crippen LogP contribution >= 0.6 is 11.6 Å². The Morgan fingerprint density at radius 3 is 2.23 bits per heavy atom. The molecule has 0 fully saturated rings. The Morgan fingerprint density at radius 1 is 1.00 bits per heavy atom. The van der Waals surface area contributed by atoms with Gasteiger partial charge >= 0.3 is 0 Å². The summed E-state index contributed by atoms with van der Waals surface area (Å²) >= 11 is 6.21. The SMILES string of the molecule is CS(=O)(=O)c1ccc(-n2cnc(Cl)c2-c2ccccc2)cc1. The van der Waals surface area contributed by atoms with Gasteiger partial charge in [0, 0.05) is 17.5 Å². The van der Waals surface area contributed by atoms with Crippen molar-refractivity contribution in [2.45, 2.75) is 4.90 Å². The highest BCUT2D eigenvalue weighted by Crippen LogP contribution is 2.29. The quantitative estimate of drug-likeness (QED) is 0.736. The summed E-state index contributed by atoms with van der Waals surface area (Å²) < 4.78 is 24.9. The number of hydrogen-bond donors (Lipinski definition) is 0. The van der Waals surface area contributed by atoms with Gasteiger partial charge in [-0.3, -0.25) is 4.57 Å². The first-order valence-corrected chi connectivity index (χ1v) is 8.82. The average molecular weight is 333 g/mol. The number of benzene rings is 2. The van der Waals surface area contributed by atoms with Gasteiger partial charge in [-0.15, -0.1) is 0 Å². The van der Waals surface area contributed by atoms with Crippen LogP contribution in [0.2, 0.25) is 5.15 Å². The van der Waals surface area contributed by atoms with Gasteiger partial charge in [0.25, 0.3) is 0 Å². The highest BCUT2D eigenvalue weighted by Gasteiger charge is 2.13. The summed E-state index contributed by atoms with van der Waals surface area (Å²) in [6.45, 7) is 0. The van der Waals surface area contributed by atoms with E-state index in [-0.39, 0.29) is 4.90 Å². The zero-order valence-corrected chi connectivity index (χ0v) is 13.3. The molecule has 0 saturated carbocycles. The standard InChI is InChI=1S/C16H13ClN2O2S/c1-22(20,21)14-9-7-13(8-10-14)19-11-18-16(17)15(19)12-5-3-2-4-6-12/h2-11H,1H3. The molecule has 0 aliphatic carbocycles. The summed E-state index contributed by atoms with van der Waals surface area (Å²) in [5, 5.41) is 0.401. The number of nitrogens with zero attached hydrogens (tertiary/aromatic N) is 2. The smallest absolute Gasteiger partial charge is 0.175 e. The minimum Gasteiger partial charge on any atom is -0.297 e. The topological polar surface area (TPSA) is 52.0 Å². The monoisotopic (exact) mass is 332 g/mol. The third kappa shape index (κ3) is 2.77. The van der Waals surface area contributed by atoms with Gasteiger partial charge in [-0.25, -0.2) is 13.4 Å². The Hall–Kier alpha value is -2.11. The van der Waals surface area contributed by atoms with E-state index >= 15 is 0 Å². The largest absolute Gasteiger partial charge is 0.297 e. The van der Waals surface area contributed by atoms with E-state index in [0.717, 1.165) is 16.9 Å². The Bertz CT molecular complexity index is 901. The van der Waals surface area contributed by atoms with Gasteiger partial charge in [-0.2, -0.15) is 0 Å². The molecule has 112 valence electrons. The summed E-state index contributed by atoms with van der Waals surface area (Å²) in [6, 6.07) is 16.3. The molecule has 0 spiro atoms. The summed E-state index contributed by atoms with van der Waals surface area (Å²) in [7, 11) is -3.21. The zero-order valence-electron chi connectivity index (χ0n) is 11.8. The van der Waals surface area contributed by atoms with Crippen molar-refractivity contribution in [2.24, 2.45) is 0 Å². The van der Waals surface area contributed by atoms with Crippen LogP contribution in [0.15, 0.2) is 65.8 Å². The molecule has 0 unspecified atom stereocenters. The number of halogens is 1. The van der Waals surface area contributed by atoms with Gasteiger partial charge in [0.2, 0.25) is 0 Å². The molecule has 1 heterocycles. The van der Waals surface area contributed by atoms with Crippen molar-refractivity contribution in [1.82, 2.24) is 9.55 Å². The predicted octanol–water partition coefficient (Wildman–Crippen LogP) is 3.60.